The molecule has 5 nitrogen and oxygen atoms in total. The fourth-order valence-electron chi connectivity index (χ4n) is 2.66. The molecule has 2 N–H and O–H groups in total. The summed E-state index contributed by atoms with van der Waals surface area (Å²) in [6.45, 7) is 0. The molecule has 28 heavy (non-hydrogen) atoms. The number of benzene rings is 2. The van der Waals surface area contributed by atoms with Crippen molar-refractivity contribution in [2.45, 2.75) is 0 Å². The lowest BCUT2D eigenvalue weighted by Crippen LogP contribution is -2.21. The molecule has 0 radical (unpaired) electrons. The Morgan fingerprint density at radius 1 is 1.04 bits per heavy atom. The van der Waals surface area contributed by atoms with Gasteiger partial charge in [-0.15, -0.1) is 6.42 Å². The Morgan fingerprint density at radius 3 is 2.39 bits per heavy atom. The van der Waals surface area contributed by atoms with Gasteiger partial charge in [0.05, 0.1) is 0 Å². The molecular weight excluding hydrogens is 348 g/mol. The van der Waals surface area contributed by atoms with Crippen molar-refractivity contribution in [3.8, 4) is 23.5 Å². The van der Waals surface area contributed by atoms with Crippen molar-refractivity contribution < 1.29 is 4.79 Å². The lowest BCUT2D eigenvalue weighted by molar-refractivity contribution is 0.102. The molecular formula is C23H20N4O. The molecule has 0 aliphatic heterocycles. The number of amidine groups is 1. The van der Waals surface area contributed by atoms with Crippen LogP contribution in [0.5, 0.6) is 0 Å². The molecule has 0 unspecified atom stereocenters. The summed E-state index contributed by atoms with van der Waals surface area (Å²) in [5.74, 6) is 3.14. The van der Waals surface area contributed by atoms with Gasteiger partial charge in [-0.1, -0.05) is 42.3 Å². The molecule has 5 heteroatoms. The Balaban J connectivity index is 1.78. The number of aromatic nitrogens is 1. The first-order valence-corrected chi connectivity index (χ1v) is 8.68. The van der Waals surface area contributed by atoms with E-state index in [1.807, 2.05) is 56.6 Å². The molecule has 0 aliphatic rings. The number of hydrogen-bond acceptors (Lipinski definition) is 3. The summed E-state index contributed by atoms with van der Waals surface area (Å²) in [6, 6.07) is 18.5. The van der Waals surface area contributed by atoms with Crippen LogP contribution in [0, 0.1) is 17.8 Å². The quantitative estimate of drug-likeness (QED) is 0.417. The minimum Gasteiger partial charge on any atom is -0.363 e. The summed E-state index contributed by atoms with van der Waals surface area (Å²) >= 11 is 0. The predicted octanol–water partition coefficient (Wildman–Crippen LogP) is 3.87. The number of anilines is 1. The molecule has 138 valence electrons. The molecule has 0 spiro atoms. The van der Waals surface area contributed by atoms with Gasteiger partial charge in [0.25, 0.3) is 5.91 Å². The number of pyridine rings is 1. The van der Waals surface area contributed by atoms with Crippen LogP contribution in [0.25, 0.3) is 11.1 Å². The van der Waals surface area contributed by atoms with Gasteiger partial charge < -0.3 is 10.2 Å². The number of nitrogens with zero attached hydrogens (tertiary/aromatic N) is 2. The number of rotatable bonds is 4. The molecule has 1 aromatic heterocycles. The zero-order chi connectivity index (χ0) is 20.1. The van der Waals surface area contributed by atoms with Gasteiger partial charge in [0, 0.05) is 37.0 Å². The Labute approximate surface area is 164 Å². The van der Waals surface area contributed by atoms with Gasteiger partial charge in [-0.25, -0.2) is 4.98 Å². The van der Waals surface area contributed by atoms with Crippen LogP contribution in [-0.4, -0.2) is 35.7 Å². The zero-order valence-electron chi connectivity index (χ0n) is 15.7. The largest absolute Gasteiger partial charge is 0.363 e. The van der Waals surface area contributed by atoms with Crippen molar-refractivity contribution in [2.24, 2.45) is 0 Å². The van der Waals surface area contributed by atoms with Crippen LogP contribution in [0.15, 0.2) is 66.9 Å². The van der Waals surface area contributed by atoms with Crippen molar-refractivity contribution in [3.05, 3.63) is 83.6 Å². The van der Waals surface area contributed by atoms with Crippen molar-refractivity contribution in [2.75, 3.05) is 19.4 Å². The number of carbonyl (C=O) groups excluding carboxylic acids is 1. The van der Waals surface area contributed by atoms with Crippen LogP contribution >= 0.6 is 0 Å². The van der Waals surface area contributed by atoms with E-state index in [1.165, 1.54) is 0 Å². The van der Waals surface area contributed by atoms with Gasteiger partial charge in [-0.2, -0.15) is 0 Å². The normalized spacial score (nSPS) is 10.0. The molecule has 0 bridgehead atoms. The van der Waals surface area contributed by atoms with Gasteiger partial charge in [-0.05, 0) is 35.4 Å². The first kappa shape index (κ1) is 18.9. The van der Waals surface area contributed by atoms with E-state index in [0.717, 1.165) is 16.7 Å². The van der Waals surface area contributed by atoms with E-state index in [2.05, 4.69) is 16.2 Å². The second-order valence-electron chi connectivity index (χ2n) is 6.43. The highest BCUT2D eigenvalue weighted by molar-refractivity contribution is 6.04. The first-order valence-electron chi connectivity index (χ1n) is 8.68. The summed E-state index contributed by atoms with van der Waals surface area (Å²) in [6.07, 6.45) is 6.85. The second-order valence-corrected chi connectivity index (χ2v) is 6.43. The van der Waals surface area contributed by atoms with Crippen LogP contribution in [-0.2, 0) is 0 Å². The molecule has 0 saturated carbocycles. The topological polar surface area (TPSA) is 69.1 Å². The lowest BCUT2D eigenvalue weighted by Gasteiger charge is -2.14. The van der Waals surface area contributed by atoms with Gasteiger partial charge in [0.1, 0.15) is 11.7 Å². The van der Waals surface area contributed by atoms with E-state index in [4.69, 9.17) is 11.8 Å². The average molecular weight is 368 g/mol. The molecule has 0 aliphatic carbocycles. The highest BCUT2D eigenvalue weighted by Gasteiger charge is 2.09. The number of hydrogen-bond donors (Lipinski definition) is 2. The molecule has 2 aromatic carbocycles. The van der Waals surface area contributed by atoms with Gasteiger partial charge in [-0.3, -0.25) is 10.2 Å². The highest BCUT2D eigenvalue weighted by Crippen LogP contribution is 2.22. The smallest absolute Gasteiger partial charge is 0.256 e. The van der Waals surface area contributed by atoms with E-state index in [-0.39, 0.29) is 5.91 Å². The fourth-order valence-corrected chi connectivity index (χ4v) is 2.66. The Morgan fingerprint density at radius 2 is 1.79 bits per heavy atom. The van der Waals surface area contributed by atoms with Crippen LogP contribution in [0.4, 0.5) is 5.82 Å². The van der Waals surface area contributed by atoms with E-state index in [9.17, 15) is 4.79 Å². The minimum atomic E-state index is -0.242. The molecule has 0 fully saturated rings. The van der Waals surface area contributed by atoms with Gasteiger partial charge in [0.2, 0.25) is 0 Å². The van der Waals surface area contributed by atoms with E-state index < -0.39 is 0 Å². The molecule has 3 rings (SSSR count). The lowest BCUT2D eigenvalue weighted by atomic mass is 10.0. The predicted molar refractivity (Wildman–Crippen MR) is 113 cm³/mol. The summed E-state index contributed by atoms with van der Waals surface area (Å²) in [7, 11) is 3.68. The van der Waals surface area contributed by atoms with Crippen molar-refractivity contribution in [1.29, 1.82) is 5.41 Å². The first-order chi connectivity index (χ1) is 13.5. The molecule has 1 amide bonds. The van der Waals surface area contributed by atoms with Crippen LogP contribution in [0.2, 0.25) is 0 Å². The summed E-state index contributed by atoms with van der Waals surface area (Å²) < 4.78 is 0. The fraction of sp³-hybridized carbons (Fsp3) is 0.0870. The summed E-state index contributed by atoms with van der Waals surface area (Å²) in [4.78, 5) is 18.4. The van der Waals surface area contributed by atoms with E-state index >= 15 is 0 Å². The average Bonchev–Trinajstić information content (AvgIpc) is 2.74. The number of terminal acetylenes is 1. The third-order valence-electron chi connectivity index (χ3n) is 4.24. The van der Waals surface area contributed by atoms with Crippen LogP contribution in [0.1, 0.15) is 21.5 Å². The minimum absolute atomic E-state index is 0.242. The van der Waals surface area contributed by atoms with Crippen LogP contribution in [0.3, 0.4) is 0 Å². The summed E-state index contributed by atoms with van der Waals surface area (Å²) in [5, 5.41) is 10.8. The Hall–Kier alpha value is -3.91. The third kappa shape index (κ3) is 4.25. The Kier molecular flexibility index (Phi) is 5.52. The second kappa shape index (κ2) is 8.19. The van der Waals surface area contributed by atoms with E-state index in [0.29, 0.717) is 22.8 Å². The maximum Gasteiger partial charge on any atom is 0.256 e. The standard InChI is InChI=1S/C23H20N4O/c1-4-16-8-13-21(25-15-16)26-23(28)20-7-5-6-19(14-20)17-9-11-18(12-10-17)22(24)27(2)3/h1,5-15,24H,2-3H3,(H,25,26,28). The zero-order valence-corrected chi connectivity index (χ0v) is 15.7. The van der Waals surface area contributed by atoms with Gasteiger partial charge in [0.15, 0.2) is 0 Å². The molecule has 1 heterocycles. The molecule has 3 aromatic rings. The Bertz CT molecular complexity index is 1050. The van der Waals surface area contributed by atoms with Crippen LogP contribution < -0.4 is 5.32 Å². The number of nitrogens with one attached hydrogen (secondary N) is 2. The highest BCUT2D eigenvalue weighted by atomic mass is 16.1. The number of carbonyl (C=O) groups is 1. The number of amides is 1. The SMILES string of the molecule is C#Cc1ccc(NC(=O)c2cccc(-c3ccc(C(=N)N(C)C)cc3)c2)nc1. The summed E-state index contributed by atoms with van der Waals surface area (Å²) in [5.41, 5.74) is 3.92. The molecule has 0 saturated heterocycles. The van der Waals surface area contributed by atoms with Crippen molar-refractivity contribution in [1.82, 2.24) is 9.88 Å². The van der Waals surface area contributed by atoms with E-state index in [1.54, 1.807) is 29.3 Å². The maximum absolute atomic E-state index is 12.5. The molecule has 0 atom stereocenters. The van der Waals surface area contributed by atoms with Crippen molar-refractivity contribution >= 4 is 17.6 Å². The van der Waals surface area contributed by atoms with Gasteiger partial charge >= 0.3 is 0 Å². The monoisotopic (exact) mass is 368 g/mol. The maximum atomic E-state index is 12.5. The van der Waals surface area contributed by atoms with Crippen molar-refractivity contribution in [3.63, 3.8) is 0 Å². The third-order valence-corrected chi connectivity index (χ3v) is 4.24.